The van der Waals surface area contributed by atoms with Crippen molar-refractivity contribution in [2.75, 3.05) is 58.0 Å². The predicted molar refractivity (Wildman–Crippen MR) is 157 cm³/mol. The van der Waals surface area contributed by atoms with Crippen molar-refractivity contribution in [3.05, 3.63) is 90.4 Å². The molecule has 3 amide bonds. The number of nitrogens with zero attached hydrogens (tertiary/aromatic N) is 3. The van der Waals surface area contributed by atoms with Gasteiger partial charge in [0.05, 0.1) is 31.7 Å². The summed E-state index contributed by atoms with van der Waals surface area (Å²) in [5.41, 5.74) is 1.59. The van der Waals surface area contributed by atoms with Gasteiger partial charge in [0.15, 0.2) is 11.5 Å². The standard InChI is InChI=1S/C32H34N4O6/c37-31(36(21-26-7-4-16-40-26)20-24-10-11-29-30(19-24)42-23-41-29)22-35(13-12-34-14-17-39-18-15-34)32(38)33-28-9-3-6-25-5-1-2-8-27(25)28/h1-11,16,19H,12-15,17-18,20-23H2,(H,33,38). The quantitative estimate of drug-likeness (QED) is 0.299. The second-order valence-electron chi connectivity index (χ2n) is 10.3. The number of nitrogens with one attached hydrogen (secondary N) is 1. The number of urea groups is 1. The van der Waals surface area contributed by atoms with Crippen LogP contribution in [0.25, 0.3) is 10.8 Å². The second kappa shape index (κ2) is 13.0. The zero-order valence-electron chi connectivity index (χ0n) is 23.4. The molecule has 1 aromatic heterocycles. The van der Waals surface area contributed by atoms with Gasteiger partial charge in [-0.3, -0.25) is 9.69 Å². The maximum absolute atomic E-state index is 13.9. The van der Waals surface area contributed by atoms with E-state index in [2.05, 4.69) is 10.2 Å². The number of carbonyl (C=O) groups is 2. The van der Waals surface area contributed by atoms with Crippen molar-refractivity contribution in [2.45, 2.75) is 13.1 Å². The largest absolute Gasteiger partial charge is 0.467 e. The van der Waals surface area contributed by atoms with Gasteiger partial charge in [-0.05, 0) is 41.3 Å². The molecule has 1 fully saturated rings. The Morgan fingerprint density at radius 3 is 2.55 bits per heavy atom. The zero-order valence-corrected chi connectivity index (χ0v) is 23.4. The molecule has 3 heterocycles. The first-order valence-electron chi connectivity index (χ1n) is 14.1. The molecule has 0 atom stereocenters. The third-order valence-corrected chi connectivity index (χ3v) is 7.52. The molecule has 0 spiro atoms. The number of carbonyl (C=O) groups excluding carboxylic acids is 2. The predicted octanol–water partition coefficient (Wildman–Crippen LogP) is 4.56. The molecule has 0 saturated carbocycles. The molecule has 4 aromatic rings. The Hall–Kier alpha value is -4.54. The van der Waals surface area contributed by atoms with Gasteiger partial charge in [-0.25, -0.2) is 4.79 Å². The number of benzene rings is 3. The van der Waals surface area contributed by atoms with Gasteiger partial charge in [0.1, 0.15) is 12.3 Å². The third kappa shape index (κ3) is 6.67. The van der Waals surface area contributed by atoms with Crippen LogP contribution in [0.5, 0.6) is 11.5 Å². The molecule has 2 aliphatic heterocycles. The lowest BCUT2D eigenvalue weighted by Gasteiger charge is -2.31. The average molecular weight is 571 g/mol. The fourth-order valence-electron chi connectivity index (χ4n) is 5.21. The van der Waals surface area contributed by atoms with Gasteiger partial charge in [-0.2, -0.15) is 0 Å². The van der Waals surface area contributed by atoms with Crippen LogP contribution in [0.2, 0.25) is 0 Å². The van der Waals surface area contributed by atoms with Crippen molar-refractivity contribution in [1.29, 1.82) is 0 Å². The number of amides is 3. The summed E-state index contributed by atoms with van der Waals surface area (Å²) in [6, 6.07) is 22.7. The summed E-state index contributed by atoms with van der Waals surface area (Å²) in [6.45, 7) is 4.61. The van der Waals surface area contributed by atoms with E-state index in [0.29, 0.717) is 55.8 Å². The number of hydrogen-bond donors (Lipinski definition) is 1. The van der Waals surface area contributed by atoms with Crippen molar-refractivity contribution >= 4 is 28.4 Å². The molecule has 0 aliphatic carbocycles. The van der Waals surface area contributed by atoms with Crippen molar-refractivity contribution in [3.8, 4) is 11.5 Å². The number of furan rings is 1. The highest BCUT2D eigenvalue weighted by Crippen LogP contribution is 2.33. The van der Waals surface area contributed by atoms with Crippen LogP contribution in [-0.2, 0) is 22.6 Å². The van der Waals surface area contributed by atoms with Gasteiger partial charge >= 0.3 is 6.03 Å². The van der Waals surface area contributed by atoms with Crippen LogP contribution in [0, 0.1) is 0 Å². The summed E-state index contributed by atoms with van der Waals surface area (Å²) < 4.78 is 22.0. The van der Waals surface area contributed by atoms with Crippen molar-refractivity contribution in [1.82, 2.24) is 14.7 Å². The third-order valence-electron chi connectivity index (χ3n) is 7.52. The molecule has 0 radical (unpaired) electrons. The van der Waals surface area contributed by atoms with E-state index in [-0.39, 0.29) is 31.8 Å². The molecule has 10 nitrogen and oxygen atoms in total. The van der Waals surface area contributed by atoms with E-state index in [0.717, 1.165) is 29.4 Å². The SMILES string of the molecule is O=C(CN(CCN1CCOCC1)C(=O)Nc1cccc2ccccc12)N(Cc1ccc2c(c1)OCO2)Cc1ccco1. The van der Waals surface area contributed by atoms with E-state index in [4.69, 9.17) is 18.6 Å². The molecule has 42 heavy (non-hydrogen) atoms. The highest BCUT2D eigenvalue weighted by atomic mass is 16.7. The van der Waals surface area contributed by atoms with E-state index < -0.39 is 0 Å². The summed E-state index contributed by atoms with van der Waals surface area (Å²) >= 11 is 0. The Morgan fingerprint density at radius 2 is 1.69 bits per heavy atom. The van der Waals surface area contributed by atoms with E-state index >= 15 is 0 Å². The minimum atomic E-state index is -0.325. The Morgan fingerprint density at radius 1 is 0.857 bits per heavy atom. The normalized spacial score (nSPS) is 14.6. The molecular formula is C32H34N4O6. The molecule has 2 aliphatic rings. The fourth-order valence-corrected chi connectivity index (χ4v) is 5.21. The number of morpholine rings is 1. The molecule has 6 rings (SSSR count). The summed E-state index contributed by atoms with van der Waals surface area (Å²) in [4.78, 5) is 33.2. The summed E-state index contributed by atoms with van der Waals surface area (Å²) in [5.74, 6) is 1.80. The topological polar surface area (TPSA) is 96.7 Å². The average Bonchev–Trinajstić information content (AvgIpc) is 3.71. The van der Waals surface area contributed by atoms with Crippen molar-refractivity contribution in [3.63, 3.8) is 0 Å². The van der Waals surface area contributed by atoms with Crippen LogP contribution in [-0.4, -0.2) is 79.4 Å². The van der Waals surface area contributed by atoms with E-state index in [1.54, 1.807) is 22.1 Å². The van der Waals surface area contributed by atoms with Crippen LogP contribution in [0.4, 0.5) is 10.5 Å². The number of anilines is 1. The molecule has 0 bridgehead atoms. The zero-order chi connectivity index (χ0) is 28.7. The van der Waals surface area contributed by atoms with Crippen LogP contribution in [0.1, 0.15) is 11.3 Å². The number of ether oxygens (including phenoxy) is 3. The first-order chi connectivity index (χ1) is 20.6. The molecule has 1 saturated heterocycles. The van der Waals surface area contributed by atoms with Crippen molar-refractivity contribution in [2.24, 2.45) is 0 Å². The highest BCUT2D eigenvalue weighted by Gasteiger charge is 2.25. The minimum Gasteiger partial charge on any atom is -0.467 e. The van der Waals surface area contributed by atoms with Gasteiger partial charge in [-0.15, -0.1) is 0 Å². The molecule has 3 aromatic carbocycles. The molecule has 1 N–H and O–H groups in total. The number of rotatable bonds is 10. The van der Waals surface area contributed by atoms with Gasteiger partial charge < -0.3 is 33.7 Å². The van der Waals surface area contributed by atoms with Gasteiger partial charge in [0.2, 0.25) is 12.7 Å². The van der Waals surface area contributed by atoms with Gasteiger partial charge in [0, 0.05) is 38.1 Å². The lowest BCUT2D eigenvalue weighted by atomic mass is 10.1. The Kier molecular flexibility index (Phi) is 8.53. The maximum Gasteiger partial charge on any atom is 0.322 e. The lowest BCUT2D eigenvalue weighted by molar-refractivity contribution is -0.133. The summed E-state index contributed by atoms with van der Waals surface area (Å²) in [6.07, 6.45) is 1.59. The maximum atomic E-state index is 13.9. The first-order valence-corrected chi connectivity index (χ1v) is 14.1. The van der Waals surface area contributed by atoms with Crippen molar-refractivity contribution < 1.29 is 28.2 Å². The monoisotopic (exact) mass is 570 g/mol. The first kappa shape index (κ1) is 27.6. The van der Waals surface area contributed by atoms with E-state index in [9.17, 15) is 9.59 Å². The summed E-state index contributed by atoms with van der Waals surface area (Å²) in [7, 11) is 0. The highest BCUT2D eigenvalue weighted by molar-refractivity contribution is 6.02. The fraction of sp³-hybridized carbons (Fsp3) is 0.312. The van der Waals surface area contributed by atoms with Gasteiger partial charge in [-0.1, -0.05) is 42.5 Å². The van der Waals surface area contributed by atoms with Crippen LogP contribution in [0.3, 0.4) is 0 Å². The Bertz CT molecular complexity index is 1510. The molecule has 0 unspecified atom stereocenters. The van der Waals surface area contributed by atoms with E-state index in [1.165, 1.54) is 0 Å². The minimum absolute atomic E-state index is 0.0911. The number of fused-ring (bicyclic) bond motifs is 2. The Labute approximate surface area is 244 Å². The molecule has 218 valence electrons. The number of hydrogen-bond acceptors (Lipinski definition) is 7. The lowest BCUT2D eigenvalue weighted by Crippen LogP contribution is -2.48. The Balaban J connectivity index is 1.21. The van der Waals surface area contributed by atoms with Crippen LogP contribution < -0.4 is 14.8 Å². The van der Waals surface area contributed by atoms with Gasteiger partial charge in [0.25, 0.3) is 0 Å². The van der Waals surface area contributed by atoms with E-state index in [1.807, 2.05) is 66.7 Å². The van der Waals surface area contributed by atoms with Crippen LogP contribution >= 0.6 is 0 Å². The molecule has 10 heteroatoms. The second-order valence-corrected chi connectivity index (χ2v) is 10.3. The summed E-state index contributed by atoms with van der Waals surface area (Å²) in [5, 5.41) is 5.03. The van der Waals surface area contributed by atoms with Crippen LogP contribution in [0.15, 0.2) is 83.5 Å². The smallest absolute Gasteiger partial charge is 0.322 e. The molecular weight excluding hydrogens is 536 g/mol.